The van der Waals surface area contributed by atoms with E-state index in [2.05, 4.69) is 4.90 Å². The smallest absolute Gasteiger partial charge is 0.410 e. The van der Waals surface area contributed by atoms with Crippen molar-refractivity contribution in [3.8, 4) is 11.5 Å². The van der Waals surface area contributed by atoms with Crippen molar-refractivity contribution in [2.24, 2.45) is 0 Å². The molecule has 7 nitrogen and oxygen atoms in total. The summed E-state index contributed by atoms with van der Waals surface area (Å²) in [4.78, 5) is 16.0. The van der Waals surface area contributed by atoms with E-state index in [9.17, 15) is 9.90 Å². The Balaban J connectivity index is 1.67. The zero-order chi connectivity index (χ0) is 19.9. The molecule has 1 saturated heterocycles. The third-order valence-corrected chi connectivity index (χ3v) is 4.27. The summed E-state index contributed by atoms with van der Waals surface area (Å²) in [6.07, 6.45) is -0.217. The molecule has 0 aliphatic carbocycles. The number of amides is 1. The molecule has 1 atom stereocenters. The van der Waals surface area contributed by atoms with Gasteiger partial charge in [-0.2, -0.15) is 0 Å². The number of para-hydroxylation sites is 2. The van der Waals surface area contributed by atoms with Gasteiger partial charge in [0.1, 0.15) is 5.60 Å². The van der Waals surface area contributed by atoms with Crippen LogP contribution in [0.3, 0.4) is 0 Å². The molecule has 0 saturated carbocycles. The van der Waals surface area contributed by atoms with Crippen LogP contribution in [0.25, 0.3) is 0 Å². The number of hydrogen-bond donors (Lipinski definition) is 1. The number of aliphatic hydroxyl groups excluding tert-OH is 1. The van der Waals surface area contributed by atoms with E-state index in [1.807, 2.05) is 45.0 Å². The standard InChI is InChI=1S/C20H32N2O5/c1-20(2,3)27-19(24)22-12-10-21(11-13-22)15-16(23)9-14-26-18-8-6-5-7-17(18)25-4/h5-8,16,23H,9-15H2,1-4H3. The highest BCUT2D eigenvalue weighted by Gasteiger charge is 2.26. The second-order valence-electron chi connectivity index (χ2n) is 7.71. The van der Waals surface area contributed by atoms with E-state index >= 15 is 0 Å². The topological polar surface area (TPSA) is 71.5 Å². The third-order valence-electron chi connectivity index (χ3n) is 4.27. The van der Waals surface area contributed by atoms with Crippen LogP contribution in [0.5, 0.6) is 11.5 Å². The van der Waals surface area contributed by atoms with Gasteiger partial charge in [0.2, 0.25) is 0 Å². The van der Waals surface area contributed by atoms with E-state index in [4.69, 9.17) is 14.2 Å². The maximum atomic E-state index is 12.1. The number of β-amino-alcohol motifs (C(OH)–C–C–N with tert-alkyl or cyclic N) is 1. The van der Waals surface area contributed by atoms with E-state index in [1.54, 1.807) is 12.0 Å². The quantitative estimate of drug-likeness (QED) is 0.783. The molecule has 1 amide bonds. The molecular formula is C20H32N2O5. The minimum atomic E-state index is -0.480. The molecule has 1 heterocycles. The largest absolute Gasteiger partial charge is 0.493 e. The molecule has 1 aliphatic rings. The number of methoxy groups -OCH3 is 1. The molecule has 0 bridgehead atoms. The molecule has 1 N–H and O–H groups in total. The van der Waals surface area contributed by atoms with Crippen molar-refractivity contribution >= 4 is 6.09 Å². The molecule has 1 fully saturated rings. The lowest BCUT2D eigenvalue weighted by Gasteiger charge is -2.36. The van der Waals surface area contributed by atoms with Gasteiger partial charge in [-0.25, -0.2) is 4.79 Å². The van der Waals surface area contributed by atoms with Gasteiger partial charge in [0.15, 0.2) is 11.5 Å². The van der Waals surface area contributed by atoms with Crippen molar-refractivity contribution in [1.82, 2.24) is 9.80 Å². The maximum absolute atomic E-state index is 12.1. The number of benzene rings is 1. The third kappa shape index (κ3) is 7.27. The Morgan fingerprint density at radius 1 is 1.15 bits per heavy atom. The zero-order valence-corrected chi connectivity index (χ0v) is 16.8. The van der Waals surface area contributed by atoms with Gasteiger partial charge in [0, 0.05) is 39.1 Å². The van der Waals surface area contributed by atoms with Gasteiger partial charge in [0.05, 0.1) is 19.8 Å². The van der Waals surface area contributed by atoms with Crippen LogP contribution in [0, 0.1) is 0 Å². The lowest BCUT2D eigenvalue weighted by molar-refractivity contribution is 0.00921. The Hall–Kier alpha value is -1.99. The number of piperazine rings is 1. The molecule has 1 aromatic carbocycles. The van der Waals surface area contributed by atoms with Crippen molar-refractivity contribution in [1.29, 1.82) is 0 Å². The van der Waals surface area contributed by atoms with Crippen LogP contribution >= 0.6 is 0 Å². The van der Waals surface area contributed by atoms with Gasteiger partial charge in [0.25, 0.3) is 0 Å². The van der Waals surface area contributed by atoms with Crippen LogP contribution in [-0.2, 0) is 4.74 Å². The van der Waals surface area contributed by atoms with Crippen LogP contribution in [-0.4, -0.2) is 79.1 Å². The predicted octanol–water partition coefficient (Wildman–Crippen LogP) is 2.38. The summed E-state index contributed by atoms with van der Waals surface area (Å²) in [5, 5.41) is 10.3. The molecule has 1 aromatic rings. The number of hydrogen-bond acceptors (Lipinski definition) is 6. The molecule has 0 radical (unpaired) electrons. The van der Waals surface area contributed by atoms with E-state index in [0.717, 1.165) is 13.1 Å². The van der Waals surface area contributed by atoms with E-state index in [-0.39, 0.29) is 6.09 Å². The SMILES string of the molecule is COc1ccccc1OCCC(O)CN1CCN(C(=O)OC(C)(C)C)CC1. The van der Waals surface area contributed by atoms with Crippen LogP contribution < -0.4 is 9.47 Å². The first-order valence-electron chi connectivity index (χ1n) is 9.42. The number of rotatable bonds is 7. The highest BCUT2D eigenvalue weighted by molar-refractivity contribution is 5.68. The van der Waals surface area contributed by atoms with E-state index < -0.39 is 11.7 Å². The maximum Gasteiger partial charge on any atom is 0.410 e. The highest BCUT2D eigenvalue weighted by Crippen LogP contribution is 2.25. The zero-order valence-electron chi connectivity index (χ0n) is 16.8. The van der Waals surface area contributed by atoms with Crippen molar-refractivity contribution in [3.05, 3.63) is 24.3 Å². The van der Waals surface area contributed by atoms with E-state index in [1.165, 1.54) is 0 Å². The average molecular weight is 380 g/mol. The summed E-state index contributed by atoms with van der Waals surface area (Å²) in [7, 11) is 1.61. The van der Waals surface area contributed by atoms with Crippen LogP contribution in [0.1, 0.15) is 27.2 Å². The normalized spacial score (nSPS) is 16.7. The molecule has 27 heavy (non-hydrogen) atoms. The molecule has 7 heteroatoms. The van der Waals surface area contributed by atoms with Crippen LogP contribution in [0.4, 0.5) is 4.79 Å². The number of aliphatic hydroxyl groups is 1. The summed E-state index contributed by atoms with van der Waals surface area (Å²) >= 11 is 0. The fourth-order valence-corrected chi connectivity index (χ4v) is 2.87. The summed E-state index contributed by atoms with van der Waals surface area (Å²) < 4.78 is 16.4. The Morgan fingerprint density at radius 2 is 1.78 bits per heavy atom. The number of carbonyl (C=O) groups is 1. The first-order chi connectivity index (χ1) is 12.8. The van der Waals surface area contributed by atoms with Crippen LogP contribution in [0.15, 0.2) is 24.3 Å². The van der Waals surface area contributed by atoms with Gasteiger partial charge in [-0.1, -0.05) is 12.1 Å². The molecule has 1 unspecified atom stereocenters. The van der Waals surface area contributed by atoms with Gasteiger partial charge in [-0.15, -0.1) is 0 Å². The second kappa shape index (κ2) is 9.80. The van der Waals surface area contributed by atoms with E-state index in [0.29, 0.717) is 44.2 Å². The molecule has 0 spiro atoms. The Bertz CT molecular complexity index is 594. The molecule has 152 valence electrons. The Kier molecular flexibility index (Phi) is 7.74. The molecular weight excluding hydrogens is 348 g/mol. The first-order valence-corrected chi connectivity index (χ1v) is 9.42. The number of nitrogens with zero attached hydrogens (tertiary/aromatic N) is 2. The minimum Gasteiger partial charge on any atom is -0.493 e. The first kappa shape index (κ1) is 21.3. The van der Waals surface area contributed by atoms with Gasteiger partial charge in [-0.3, -0.25) is 4.90 Å². The monoisotopic (exact) mass is 380 g/mol. The summed E-state index contributed by atoms with van der Waals surface area (Å²) in [6, 6.07) is 7.47. The number of ether oxygens (including phenoxy) is 3. The van der Waals surface area contributed by atoms with Crippen molar-refractivity contribution in [3.63, 3.8) is 0 Å². The molecule has 1 aliphatic heterocycles. The van der Waals surface area contributed by atoms with Crippen molar-refractivity contribution in [2.45, 2.75) is 38.9 Å². The summed E-state index contributed by atoms with van der Waals surface area (Å²) in [5.41, 5.74) is -0.480. The Labute approximate surface area is 161 Å². The number of carbonyl (C=O) groups excluding carboxylic acids is 1. The average Bonchev–Trinajstić information content (AvgIpc) is 2.61. The second-order valence-corrected chi connectivity index (χ2v) is 7.71. The van der Waals surface area contributed by atoms with Crippen molar-refractivity contribution in [2.75, 3.05) is 46.4 Å². The summed E-state index contributed by atoms with van der Waals surface area (Å²) in [5.74, 6) is 1.36. The van der Waals surface area contributed by atoms with Gasteiger partial charge < -0.3 is 24.2 Å². The minimum absolute atomic E-state index is 0.270. The lowest BCUT2D eigenvalue weighted by atomic mass is 10.2. The van der Waals surface area contributed by atoms with Crippen molar-refractivity contribution < 1.29 is 24.1 Å². The molecule has 0 aromatic heterocycles. The molecule has 2 rings (SSSR count). The lowest BCUT2D eigenvalue weighted by Crippen LogP contribution is -2.51. The predicted molar refractivity (Wildman–Crippen MR) is 103 cm³/mol. The fourth-order valence-electron chi connectivity index (χ4n) is 2.87. The summed E-state index contributed by atoms with van der Waals surface area (Å²) in [6.45, 7) is 9.25. The fraction of sp³-hybridized carbons (Fsp3) is 0.650. The highest BCUT2D eigenvalue weighted by atomic mass is 16.6. The van der Waals surface area contributed by atoms with Gasteiger partial charge >= 0.3 is 6.09 Å². The van der Waals surface area contributed by atoms with Crippen LogP contribution in [0.2, 0.25) is 0 Å². The Morgan fingerprint density at radius 3 is 2.37 bits per heavy atom. The van der Waals surface area contributed by atoms with Gasteiger partial charge in [-0.05, 0) is 32.9 Å².